The Bertz CT molecular complexity index is 2820. The summed E-state index contributed by atoms with van der Waals surface area (Å²) in [5.74, 6) is 0. The zero-order valence-corrected chi connectivity index (χ0v) is 40.5. The number of nitrogens with zero attached hydrogens (tertiary/aromatic N) is 2. The Morgan fingerprint density at radius 3 is 0.954 bits per heavy atom. The molecule has 0 radical (unpaired) electrons. The molecule has 0 aliphatic heterocycles. The van der Waals surface area contributed by atoms with Crippen LogP contribution in [0.25, 0.3) is 33.0 Å². The Morgan fingerprint density at radius 2 is 0.646 bits per heavy atom. The van der Waals surface area contributed by atoms with Gasteiger partial charge < -0.3 is 9.80 Å². The first kappa shape index (κ1) is 45.2. The molecule has 0 fully saturated rings. The van der Waals surface area contributed by atoms with Gasteiger partial charge in [-0.3, -0.25) is 0 Å². The number of fused-ring (bicyclic) bond motifs is 1. The number of benzene rings is 8. The molecule has 0 aliphatic rings. The molecule has 0 unspecified atom stereocenters. The van der Waals surface area contributed by atoms with E-state index < -0.39 is 0 Å². The molecule has 2 heteroatoms. The van der Waals surface area contributed by atoms with Gasteiger partial charge in [-0.1, -0.05) is 177 Å². The Morgan fingerprint density at radius 1 is 0.338 bits per heavy atom. The van der Waals surface area contributed by atoms with E-state index in [2.05, 4.69) is 261 Å². The van der Waals surface area contributed by atoms with Crippen molar-refractivity contribution < 1.29 is 0 Å². The molecule has 65 heavy (non-hydrogen) atoms. The normalized spacial score (nSPS) is 12.1. The van der Waals surface area contributed by atoms with E-state index in [1.54, 1.807) is 0 Å². The molecule has 8 aromatic carbocycles. The van der Waals surface area contributed by atoms with Crippen LogP contribution in [0, 0.1) is 6.92 Å². The highest BCUT2D eigenvalue weighted by molar-refractivity contribution is 6.09. The first-order valence-corrected chi connectivity index (χ1v) is 24.0. The van der Waals surface area contributed by atoms with Crippen LogP contribution in [0.1, 0.15) is 110 Å². The first-order valence-electron chi connectivity index (χ1n) is 24.0. The van der Waals surface area contributed by atoms with Crippen molar-refractivity contribution in [1.29, 1.82) is 0 Å². The highest BCUT2D eigenvalue weighted by atomic mass is 15.1. The molecule has 2 nitrogen and oxygen atoms in total. The van der Waals surface area contributed by atoms with Crippen molar-refractivity contribution in [1.82, 2.24) is 0 Å². The van der Waals surface area contributed by atoms with Crippen LogP contribution in [0.2, 0.25) is 0 Å². The minimum atomic E-state index is 0.0432. The Kier molecular flexibility index (Phi) is 12.9. The van der Waals surface area contributed by atoms with Crippen LogP contribution in [0.4, 0.5) is 34.1 Å². The van der Waals surface area contributed by atoms with E-state index in [1.807, 2.05) is 0 Å². The van der Waals surface area contributed by atoms with E-state index in [0.717, 1.165) is 59.8 Å². The molecular formula is C63H68N2. The minimum Gasteiger partial charge on any atom is -0.310 e. The molecular weight excluding hydrogens is 785 g/mol. The highest BCUT2D eigenvalue weighted by Crippen LogP contribution is 2.47. The smallest absolute Gasteiger partial charge is 0.0474 e. The summed E-state index contributed by atoms with van der Waals surface area (Å²) in [7, 11) is 0. The Hall–Kier alpha value is -6.38. The van der Waals surface area contributed by atoms with Gasteiger partial charge in [-0.2, -0.15) is 0 Å². The Balaban J connectivity index is 1.42. The van der Waals surface area contributed by atoms with Crippen molar-refractivity contribution in [3.05, 3.63) is 204 Å². The van der Waals surface area contributed by atoms with E-state index in [1.165, 1.54) is 55.3 Å². The topological polar surface area (TPSA) is 6.48 Å². The summed E-state index contributed by atoms with van der Waals surface area (Å²) in [5, 5.41) is 2.41. The van der Waals surface area contributed by atoms with Crippen molar-refractivity contribution in [3.63, 3.8) is 0 Å². The van der Waals surface area contributed by atoms with Gasteiger partial charge in [0.25, 0.3) is 0 Å². The maximum absolute atomic E-state index is 2.46. The van der Waals surface area contributed by atoms with Gasteiger partial charge in [-0.15, -0.1) is 0 Å². The lowest BCUT2D eigenvalue weighted by molar-refractivity contribution is 0.439. The fourth-order valence-electron chi connectivity index (χ4n) is 9.44. The SMILES string of the molecule is CCC(C)(CC)c1ccc(N(c2ccc(C)cc2)c2cc(-c3ccccc3)c3cc(N(c4ccc(C(C)(C)C)cc4)c4ccc(C(C)(CC)CC)cc4)cc(-c4ccccc4)c3c2)cc1. The first-order chi connectivity index (χ1) is 31.3. The number of hydrogen-bond acceptors (Lipinski definition) is 2. The number of rotatable bonds is 14. The van der Waals surface area contributed by atoms with Crippen LogP contribution in [-0.2, 0) is 16.2 Å². The van der Waals surface area contributed by atoms with Gasteiger partial charge in [-0.05, 0) is 171 Å². The van der Waals surface area contributed by atoms with E-state index in [-0.39, 0.29) is 16.2 Å². The standard InChI is InChI=1S/C63H68N2/c1-11-62(9,12-2)49-29-37-53(38-30-49)64(51-33-25-45(5)26-34-51)55-41-57(46-21-17-15-18-22-46)60-44-56(42-58(59(60)43-55)47-23-19-16-20-24-47)65(52-35-27-48(28-36-52)61(6,7)8)54-39-31-50(32-40-54)63(10,13-3)14-4/h15-44H,11-14H2,1-10H3. The maximum atomic E-state index is 2.46. The fraction of sp³-hybridized carbons (Fsp3) is 0.270. The number of anilines is 6. The quantitative estimate of drug-likeness (QED) is 0.108. The molecule has 330 valence electrons. The van der Waals surface area contributed by atoms with Gasteiger partial charge >= 0.3 is 0 Å². The zero-order chi connectivity index (χ0) is 45.9. The summed E-state index contributed by atoms with van der Waals surface area (Å²) < 4.78 is 0. The molecule has 8 aromatic rings. The van der Waals surface area contributed by atoms with Crippen LogP contribution in [0.15, 0.2) is 182 Å². The molecule has 0 atom stereocenters. The second kappa shape index (κ2) is 18.6. The lowest BCUT2D eigenvalue weighted by Crippen LogP contribution is -2.19. The number of aryl methyl sites for hydroxylation is 1. The largest absolute Gasteiger partial charge is 0.310 e. The predicted octanol–water partition coefficient (Wildman–Crippen LogP) is 18.9. The van der Waals surface area contributed by atoms with E-state index in [9.17, 15) is 0 Å². The summed E-state index contributed by atoms with van der Waals surface area (Å²) in [4.78, 5) is 4.90. The molecule has 0 aliphatic carbocycles. The molecule has 0 bridgehead atoms. The zero-order valence-electron chi connectivity index (χ0n) is 40.5. The summed E-state index contributed by atoms with van der Waals surface area (Å²) in [6.07, 6.45) is 4.39. The van der Waals surface area contributed by atoms with Gasteiger partial charge in [0.05, 0.1) is 0 Å². The molecule has 0 saturated carbocycles. The lowest BCUT2D eigenvalue weighted by Gasteiger charge is -2.31. The highest BCUT2D eigenvalue weighted by Gasteiger charge is 2.26. The molecule has 0 heterocycles. The van der Waals surface area contributed by atoms with Crippen molar-refractivity contribution in [2.24, 2.45) is 0 Å². The van der Waals surface area contributed by atoms with Crippen LogP contribution < -0.4 is 9.80 Å². The third-order valence-electron chi connectivity index (χ3n) is 14.8. The summed E-state index contributed by atoms with van der Waals surface area (Å²) in [5.41, 5.74) is 17.1. The van der Waals surface area contributed by atoms with Crippen molar-refractivity contribution in [3.8, 4) is 22.3 Å². The van der Waals surface area contributed by atoms with E-state index in [4.69, 9.17) is 0 Å². The minimum absolute atomic E-state index is 0.0432. The van der Waals surface area contributed by atoms with Gasteiger partial charge in [0, 0.05) is 34.1 Å². The predicted molar refractivity (Wildman–Crippen MR) is 283 cm³/mol. The van der Waals surface area contributed by atoms with Crippen LogP contribution in [0.3, 0.4) is 0 Å². The van der Waals surface area contributed by atoms with Gasteiger partial charge in [-0.25, -0.2) is 0 Å². The second-order valence-corrected chi connectivity index (χ2v) is 19.7. The van der Waals surface area contributed by atoms with E-state index >= 15 is 0 Å². The average Bonchev–Trinajstić information content (AvgIpc) is 3.34. The lowest BCUT2D eigenvalue weighted by atomic mass is 9.78. The van der Waals surface area contributed by atoms with Crippen LogP contribution >= 0.6 is 0 Å². The fourth-order valence-corrected chi connectivity index (χ4v) is 9.44. The maximum Gasteiger partial charge on any atom is 0.0474 e. The monoisotopic (exact) mass is 853 g/mol. The molecule has 0 amide bonds. The van der Waals surface area contributed by atoms with Gasteiger partial charge in [0.2, 0.25) is 0 Å². The third kappa shape index (κ3) is 9.14. The molecule has 0 N–H and O–H groups in total. The van der Waals surface area contributed by atoms with Gasteiger partial charge in [0.1, 0.15) is 0 Å². The van der Waals surface area contributed by atoms with Crippen molar-refractivity contribution in [2.75, 3.05) is 9.80 Å². The van der Waals surface area contributed by atoms with E-state index in [0.29, 0.717) is 0 Å². The second-order valence-electron chi connectivity index (χ2n) is 19.7. The van der Waals surface area contributed by atoms with Gasteiger partial charge in [0.15, 0.2) is 0 Å². The third-order valence-corrected chi connectivity index (χ3v) is 14.8. The van der Waals surface area contributed by atoms with Crippen molar-refractivity contribution >= 4 is 44.9 Å². The summed E-state index contributed by atoms with van der Waals surface area (Å²) >= 11 is 0. The molecule has 0 spiro atoms. The summed E-state index contributed by atoms with van der Waals surface area (Å²) in [6.45, 7) is 23.0. The number of hydrogen-bond donors (Lipinski definition) is 0. The Labute approximate surface area is 390 Å². The molecule has 8 rings (SSSR count). The summed E-state index contributed by atoms with van der Waals surface area (Å²) in [6, 6.07) is 68.5. The van der Waals surface area contributed by atoms with Crippen LogP contribution in [-0.4, -0.2) is 0 Å². The average molecular weight is 853 g/mol. The molecule has 0 aromatic heterocycles. The molecule has 0 saturated heterocycles. The van der Waals surface area contributed by atoms with Crippen molar-refractivity contribution in [2.45, 2.75) is 111 Å². The van der Waals surface area contributed by atoms with Crippen LogP contribution in [0.5, 0.6) is 0 Å².